The zero-order chi connectivity index (χ0) is 37.0. The van der Waals surface area contributed by atoms with Gasteiger partial charge in [0.2, 0.25) is 0 Å². The molecule has 0 bridgehead atoms. The molecule has 0 fully saturated rings. The fourth-order valence-corrected chi connectivity index (χ4v) is 7.83. The van der Waals surface area contributed by atoms with Crippen LogP contribution in [0.3, 0.4) is 0 Å². The van der Waals surface area contributed by atoms with Crippen molar-refractivity contribution in [1.82, 2.24) is 15.0 Å². The SMILES string of the molecule is c1ccc(-c2cccc(-c3cc(-c4ccc5c(c4)oc4c(-c6nc(-c7ccccc7)nc(-c7ccccc7)n6)cccc45)c4c(c3)oc3ccccc34)c2)cc1. The summed E-state index contributed by atoms with van der Waals surface area (Å²) in [6.07, 6.45) is 0. The Morgan fingerprint density at radius 2 is 0.857 bits per heavy atom. The van der Waals surface area contributed by atoms with E-state index in [-0.39, 0.29) is 0 Å². The molecule has 56 heavy (non-hydrogen) atoms. The van der Waals surface area contributed by atoms with Crippen LogP contribution in [0.15, 0.2) is 197 Å². The van der Waals surface area contributed by atoms with Crippen molar-refractivity contribution in [3.8, 4) is 67.5 Å². The molecule has 5 nitrogen and oxygen atoms in total. The number of rotatable bonds is 6. The number of aromatic nitrogens is 3. The van der Waals surface area contributed by atoms with Crippen molar-refractivity contribution in [2.45, 2.75) is 0 Å². The van der Waals surface area contributed by atoms with Crippen molar-refractivity contribution in [3.05, 3.63) is 188 Å². The molecule has 0 aliphatic rings. The van der Waals surface area contributed by atoms with Crippen molar-refractivity contribution in [2.24, 2.45) is 0 Å². The van der Waals surface area contributed by atoms with E-state index < -0.39 is 0 Å². The Bertz CT molecular complexity index is 3180. The second-order valence-electron chi connectivity index (χ2n) is 14.0. The molecule has 0 N–H and O–H groups in total. The van der Waals surface area contributed by atoms with E-state index >= 15 is 0 Å². The van der Waals surface area contributed by atoms with Gasteiger partial charge in [-0.1, -0.05) is 146 Å². The van der Waals surface area contributed by atoms with Gasteiger partial charge in [-0.05, 0) is 75.8 Å². The number of para-hydroxylation sites is 2. The zero-order valence-electron chi connectivity index (χ0n) is 30.1. The molecular formula is C51H31N3O2. The van der Waals surface area contributed by atoms with Crippen LogP contribution in [0.2, 0.25) is 0 Å². The van der Waals surface area contributed by atoms with Gasteiger partial charge in [0.25, 0.3) is 0 Å². The Morgan fingerprint density at radius 1 is 0.286 bits per heavy atom. The highest BCUT2D eigenvalue weighted by Crippen LogP contribution is 2.43. The summed E-state index contributed by atoms with van der Waals surface area (Å²) in [5.41, 5.74) is 12.5. The van der Waals surface area contributed by atoms with E-state index in [1.807, 2.05) is 91.0 Å². The van der Waals surface area contributed by atoms with Crippen LogP contribution in [-0.2, 0) is 0 Å². The van der Waals surface area contributed by atoms with Gasteiger partial charge < -0.3 is 8.83 Å². The first kappa shape index (κ1) is 31.9. The Labute approximate surface area is 322 Å². The number of nitrogens with zero attached hydrogens (tertiary/aromatic N) is 3. The molecule has 0 spiro atoms. The maximum Gasteiger partial charge on any atom is 0.167 e. The quantitative estimate of drug-likeness (QED) is 0.171. The molecule has 262 valence electrons. The normalized spacial score (nSPS) is 11.6. The van der Waals surface area contributed by atoms with E-state index in [0.29, 0.717) is 17.5 Å². The maximum atomic E-state index is 6.83. The highest BCUT2D eigenvalue weighted by molar-refractivity contribution is 6.15. The smallest absolute Gasteiger partial charge is 0.167 e. The van der Waals surface area contributed by atoms with Crippen LogP contribution in [0.4, 0.5) is 0 Å². The molecule has 0 saturated carbocycles. The first-order valence-corrected chi connectivity index (χ1v) is 18.7. The number of furan rings is 2. The number of hydrogen-bond donors (Lipinski definition) is 0. The van der Waals surface area contributed by atoms with Gasteiger partial charge in [0, 0.05) is 32.7 Å². The van der Waals surface area contributed by atoms with E-state index in [1.54, 1.807) is 0 Å². The Hall–Kier alpha value is -7.63. The Kier molecular flexibility index (Phi) is 7.42. The lowest BCUT2D eigenvalue weighted by atomic mass is 9.93. The summed E-state index contributed by atoms with van der Waals surface area (Å²) in [6.45, 7) is 0. The average Bonchev–Trinajstić information content (AvgIpc) is 3.85. The fraction of sp³-hybridized carbons (Fsp3) is 0. The lowest BCUT2D eigenvalue weighted by Crippen LogP contribution is -2.00. The van der Waals surface area contributed by atoms with Crippen LogP contribution in [0.5, 0.6) is 0 Å². The van der Waals surface area contributed by atoms with Gasteiger partial charge in [-0.3, -0.25) is 0 Å². The first-order valence-electron chi connectivity index (χ1n) is 18.7. The minimum atomic E-state index is 0.555. The Morgan fingerprint density at radius 3 is 1.59 bits per heavy atom. The monoisotopic (exact) mass is 717 g/mol. The van der Waals surface area contributed by atoms with Crippen LogP contribution in [0.1, 0.15) is 0 Å². The fourth-order valence-electron chi connectivity index (χ4n) is 7.83. The van der Waals surface area contributed by atoms with Crippen molar-refractivity contribution in [2.75, 3.05) is 0 Å². The standard InChI is InChI=1S/C51H31N3O2/c1-4-14-32(15-5-1)35-20-12-21-36(28-35)38-29-43(47-41-22-10-11-25-44(41)55-46(47)31-38)37-26-27-39-40-23-13-24-42(48(40)56-45(39)30-37)51-53-49(33-16-6-2-7-17-33)52-50(54-51)34-18-8-3-9-19-34/h1-31H. The van der Waals surface area contributed by atoms with Gasteiger partial charge in [0.05, 0.1) is 5.56 Å². The van der Waals surface area contributed by atoms with Gasteiger partial charge in [0.1, 0.15) is 22.3 Å². The summed E-state index contributed by atoms with van der Waals surface area (Å²) in [5.74, 6) is 1.77. The van der Waals surface area contributed by atoms with E-state index in [0.717, 1.165) is 82.8 Å². The molecule has 0 radical (unpaired) electrons. The summed E-state index contributed by atoms with van der Waals surface area (Å²) in [4.78, 5) is 14.9. The lowest BCUT2D eigenvalue weighted by molar-refractivity contribution is 0.668. The summed E-state index contributed by atoms with van der Waals surface area (Å²) in [7, 11) is 0. The largest absolute Gasteiger partial charge is 0.456 e. The zero-order valence-corrected chi connectivity index (χ0v) is 30.1. The van der Waals surface area contributed by atoms with E-state index in [4.69, 9.17) is 23.8 Å². The number of benzene rings is 8. The van der Waals surface area contributed by atoms with Crippen LogP contribution in [-0.4, -0.2) is 15.0 Å². The van der Waals surface area contributed by atoms with E-state index in [1.165, 1.54) is 11.1 Å². The van der Waals surface area contributed by atoms with Gasteiger partial charge in [-0.25, -0.2) is 15.0 Å². The molecule has 3 aromatic heterocycles. The molecule has 0 aliphatic carbocycles. The van der Waals surface area contributed by atoms with Gasteiger partial charge >= 0.3 is 0 Å². The average molecular weight is 718 g/mol. The van der Waals surface area contributed by atoms with Crippen LogP contribution in [0.25, 0.3) is 111 Å². The predicted octanol–water partition coefficient (Wildman–Crippen LogP) is 13.7. The molecule has 0 saturated heterocycles. The van der Waals surface area contributed by atoms with Crippen LogP contribution < -0.4 is 0 Å². The summed E-state index contributed by atoms with van der Waals surface area (Å²) < 4.78 is 13.4. The van der Waals surface area contributed by atoms with E-state index in [9.17, 15) is 0 Å². The Balaban J connectivity index is 1.09. The molecule has 3 heterocycles. The molecule has 0 unspecified atom stereocenters. The van der Waals surface area contributed by atoms with E-state index in [2.05, 4.69) is 97.1 Å². The summed E-state index contributed by atoms with van der Waals surface area (Å²) in [5, 5.41) is 4.17. The topological polar surface area (TPSA) is 65.0 Å². The van der Waals surface area contributed by atoms with Gasteiger partial charge in [-0.2, -0.15) is 0 Å². The highest BCUT2D eigenvalue weighted by atomic mass is 16.3. The predicted molar refractivity (Wildman–Crippen MR) is 227 cm³/mol. The molecule has 0 atom stereocenters. The number of fused-ring (bicyclic) bond motifs is 6. The summed E-state index contributed by atoms with van der Waals surface area (Å²) in [6, 6.07) is 64.6. The second-order valence-corrected chi connectivity index (χ2v) is 14.0. The van der Waals surface area contributed by atoms with Crippen molar-refractivity contribution in [1.29, 1.82) is 0 Å². The molecule has 11 aromatic rings. The van der Waals surface area contributed by atoms with Crippen molar-refractivity contribution >= 4 is 43.9 Å². The van der Waals surface area contributed by atoms with Crippen molar-refractivity contribution in [3.63, 3.8) is 0 Å². The minimum absolute atomic E-state index is 0.555. The second kappa shape index (κ2) is 13.0. The summed E-state index contributed by atoms with van der Waals surface area (Å²) >= 11 is 0. The molecule has 5 heteroatoms. The molecule has 0 amide bonds. The third-order valence-corrected chi connectivity index (χ3v) is 10.5. The molecule has 11 rings (SSSR count). The lowest BCUT2D eigenvalue weighted by Gasteiger charge is -2.10. The van der Waals surface area contributed by atoms with Crippen LogP contribution >= 0.6 is 0 Å². The van der Waals surface area contributed by atoms with Crippen molar-refractivity contribution < 1.29 is 8.83 Å². The molecule has 0 aliphatic heterocycles. The third kappa shape index (κ3) is 5.45. The van der Waals surface area contributed by atoms with Gasteiger partial charge in [0.15, 0.2) is 17.5 Å². The number of hydrogen-bond acceptors (Lipinski definition) is 5. The highest BCUT2D eigenvalue weighted by Gasteiger charge is 2.20. The maximum absolute atomic E-state index is 6.83. The minimum Gasteiger partial charge on any atom is -0.456 e. The van der Waals surface area contributed by atoms with Crippen LogP contribution in [0, 0.1) is 0 Å². The molecule has 8 aromatic carbocycles. The molecular weight excluding hydrogens is 687 g/mol. The first-order chi connectivity index (χ1) is 27.7. The van der Waals surface area contributed by atoms with Gasteiger partial charge in [-0.15, -0.1) is 0 Å². The third-order valence-electron chi connectivity index (χ3n) is 10.5.